The standard InChI is InChI=1S/C13H18ClN2O3P/c1-9(2)18-20(17,19-10(3)4)13-8-15-12-7-5-6-11(14)16(12)13/h5-10H,1-4H3. The number of nitrogens with zero attached hydrogens (tertiary/aromatic N) is 2. The van der Waals surface area contributed by atoms with Gasteiger partial charge in [-0.1, -0.05) is 17.7 Å². The summed E-state index contributed by atoms with van der Waals surface area (Å²) in [6.07, 6.45) is 1.01. The maximum absolute atomic E-state index is 13.1. The predicted octanol–water partition coefficient (Wildman–Crippen LogP) is 3.66. The second-order valence-electron chi connectivity index (χ2n) is 4.96. The molecule has 0 saturated heterocycles. The largest absolute Gasteiger partial charge is 0.380 e. The van der Waals surface area contributed by atoms with E-state index < -0.39 is 7.60 Å². The van der Waals surface area contributed by atoms with E-state index in [1.807, 2.05) is 0 Å². The van der Waals surface area contributed by atoms with Crippen molar-refractivity contribution in [3.63, 3.8) is 0 Å². The molecule has 0 atom stereocenters. The Bertz CT molecular complexity index is 640. The summed E-state index contributed by atoms with van der Waals surface area (Å²) in [6.45, 7) is 7.23. The Kier molecular flexibility index (Phi) is 4.55. The lowest BCUT2D eigenvalue weighted by Gasteiger charge is -2.22. The minimum atomic E-state index is -3.49. The van der Waals surface area contributed by atoms with Crippen LogP contribution in [0.3, 0.4) is 0 Å². The first-order valence-corrected chi connectivity index (χ1v) is 8.35. The summed E-state index contributed by atoms with van der Waals surface area (Å²) < 4.78 is 25.8. The van der Waals surface area contributed by atoms with Crippen LogP contribution in [0.1, 0.15) is 27.7 Å². The monoisotopic (exact) mass is 316 g/mol. The van der Waals surface area contributed by atoms with Crippen molar-refractivity contribution in [2.45, 2.75) is 39.9 Å². The lowest BCUT2D eigenvalue weighted by molar-refractivity contribution is 0.149. The molecule has 0 unspecified atom stereocenters. The predicted molar refractivity (Wildman–Crippen MR) is 79.9 cm³/mol. The Labute approximate surface area is 123 Å². The average Bonchev–Trinajstić information content (AvgIpc) is 2.72. The number of fused-ring (bicyclic) bond motifs is 1. The highest BCUT2D eigenvalue weighted by Gasteiger charge is 2.34. The zero-order valence-electron chi connectivity index (χ0n) is 11.9. The normalized spacial score (nSPS) is 12.8. The number of hydrogen-bond acceptors (Lipinski definition) is 4. The molecule has 0 fully saturated rings. The second-order valence-corrected chi connectivity index (χ2v) is 7.23. The van der Waals surface area contributed by atoms with Crippen LogP contribution in [0.25, 0.3) is 5.65 Å². The molecular formula is C13H18ClN2O3P. The smallest absolute Gasteiger partial charge is 0.301 e. The van der Waals surface area contributed by atoms with Crippen molar-refractivity contribution in [3.8, 4) is 0 Å². The molecule has 0 aliphatic heterocycles. The molecule has 7 heteroatoms. The first-order chi connectivity index (χ1) is 9.33. The van der Waals surface area contributed by atoms with Gasteiger partial charge < -0.3 is 9.05 Å². The molecule has 5 nitrogen and oxygen atoms in total. The van der Waals surface area contributed by atoms with E-state index >= 15 is 0 Å². The molecule has 0 saturated carbocycles. The van der Waals surface area contributed by atoms with E-state index in [1.165, 1.54) is 6.20 Å². The van der Waals surface area contributed by atoms with E-state index in [9.17, 15) is 4.57 Å². The SMILES string of the molecule is CC(C)OP(=O)(OC(C)C)c1cnc2cccc(Cl)n12. The van der Waals surface area contributed by atoms with Crippen molar-refractivity contribution in [2.75, 3.05) is 0 Å². The summed E-state index contributed by atoms with van der Waals surface area (Å²) >= 11 is 6.17. The van der Waals surface area contributed by atoms with E-state index in [0.29, 0.717) is 16.2 Å². The molecule has 20 heavy (non-hydrogen) atoms. The summed E-state index contributed by atoms with van der Waals surface area (Å²) in [5.74, 6) is 0. The van der Waals surface area contributed by atoms with Gasteiger partial charge in [0.1, 0.15) is 10.8 Å². The van der Waals surface area contributed by atoms with Gasteiger partial charge in [-0.3, -0.25) is 8.97 Å². The summed E-state index contributed by atoms with van der Waals surface area (Å²) in [5, 5.41) is 0.412. The summed E-state index contributed by atoms with van der Waals surface area (Å²) in [5.41, 5.74) is 0.952. The Morgan fingerprint density at radius 1 is 1.20 bits per heavy atom. The average molecular weight is 317 g/mol. The van der Waals surface area contributed by atoms with Crippen LogP contribution in [0.2, 0.25) is 5.15 Å². The molecule has 2 aromatic rings. The molecule has 110 valence electrons. The Morgan fingerprint density at radius 3 is 2.35 bits per heavy atom. The topological polar surface area (TPSA) is 52.8 Å². The zero-order valence-corrected chi connectivity index (χ0v) is 13.6. The van der Waals surface area contributed by atoms with E-state index in [4.69, 9.17) is 20.6 Å². The van der Waals surface area contributed by atoms with Crippen molar-refractivity contribution >= 4 is 30.3 Å². The lowest BCUT2D eigenvalue weighted by atomic mass is 10.5. The van der Waals surface area contributed by atoms with E-state index in [0.717, 1.165) is 0 Å². The summed E-state index contributed by atoms with van der Waals surface area (Å²) in [6, 6.07) is 5.27. The molecule has 0 aromatic carbocycles. The van der Waals surface area contributed by atoms with Crippen LogP contribution in [-0.4, -0.2) is 21.6 Å². The summed E-state index contributed by atoms with van der Waals surface area (Å²) in [4.78, 5) is 4.21. The van der Waals surface area contributed by atoms with Gasteiger partial charge in [0.2, 0.25) is 0 Å². The summed E-state index contributed by atoms with van der Waals surface area (Å²) in [7, 11) is -3.49. The van der Waals surface area contributed by atoms with Crippen molar-refractivity contribution in [1.82, 2.24) is 9.38 Å². The van der Waals surface area contributed by atoms with Gasteiger partial charge in [-0.25, -0.2) is 4.98 Å². The maximum atomic E-state index is 13.1. The first-order valence-electron chi connectivity index (χ1n) is 6.43. The van der Waals surface area contributed by atoms with Crippen molar-refractivity contribution in [2.24, 2.45) is 0 Å². The van der Waals surface area contributed by atoms with Gasteiger partial charge in [-0.05, 0) is 39.8 Å². The fourth-order valence-electron chi connectivity index (χ4n) is 1.86. The Morgan fingerprint density at radius 2 is 1.80 bits per heavy atom. The molecule has 0 spiro atoms. The van der Waals surface area contributed by atoms with Crippen LogP contribution in [0.4, 0.5) is 0 Å². The third-order valence-corrected chi connectivity index (χ3v) is 5.01. The van der Waals surface area contributed by atoms with E-state index in [-0.39, 0.29) is 12.2 Å². The fraction of sp³-hybridized carbons (Fsp3) is 0.462. The van der Waals surface area contributed by atoms with Gasteiger partial charge in [0, 0.05) is 0 Å². The van der Waals surface area contributed by atoms with Gasteiger partial charge >= 0.3 is 7.60 Å². The highest BCUT2D eigenvalue weighted by molar-refractivity contribution is 7.62. The number of aromatic nitrogens is 2. The van der Waals surface area contributed by atoms with Gasteiger partial charge in [-0.15, -0.1) is 0 Å². The number of rotatable bonds is 5. The maximum Gasteiger partial charge on any atom is 0.380 e. The molecular weight excluding hydrogens is 299 g/mol. The lowest BCUT2D eigenvalue weighted by Crippen LogP contribution is -2.20. The molecule has 0 amide bonds. The number of imidazole rings is 1. The van der Waals surface area contributed by atoms with Crippen molar-refractivity contribution in [3.05, 3.63) is 29.5 Å². The number of pyridine rings is 1. The molecule has 2 rings (SSSR count). The second kappa shape index (κ2) is 5.86. The van der Waals surface area contributed by atoms with Crippen molar-refractivity contribution in [1.29, 1.82) is 0 Å². The molecule has 0 N–H and O–H groups in total. The zero-order chi connectivity index (χ0) is 14.9. The molecule has 2 heterocycles. The first kappa shape index (κ1) is 15.5. The fourth-order valence-corrected chi connectivity index (χ4v) is 4.20. The third-order valence-electron chi connectivity index (χ3n) is 2.44. The van der Waals surface area contributed by atoms with Gasteiger partial charge in [0.25, 0.3) is 0 Å². The van der Waals surface area contributed by atoms with Gasteiger partial charge in [-0.2, -0.15) is 0 Å². The molecule has 0 radical (unpaired) electrons. The van der Waals surface area contributed by atoms with Crippen LogP contribution in [-0.2, 0) is 13.6 Å². The van der Waals surface area contributed by atoms with Crippen LogP contribution >= 0.6 is 19.2 Å². The number of hydrogen-bond donors (Lipinski definition) is 0. The molecule has 0 bridgehead atoms. The van der Waals surface area contributed by atoms with Crippen LogP contribution in [0, 0.1) is 0 Å². The third kappa shape index (κ3) is 3.07. The van der Waals surface area contributed by atoms with Crippen LogP contribution in [0.5, 0.6) is 0 Å². The van der Waals surface area contributed by atoms with E-state index in [1.54, 1.807) is 50.3 Å². The minimum Gasteiger partial charge on any atom is -0.301 e. The Hall–Kier alpha value is -0.870. The quantitative estimate of drug-likeness (QED) is 0.624. The van der Waals surface area contributed by atoms with Crippen LogP contribution in [0.15, 0.2) is 24.4 Å². The molecule has 0 aliphatic carbocycles. The Balaban J connectivity index is 2.60. The van der Waals surface area contributed by atoms with E-state index in [2.05, 4.69) is 4.98 Å². The highest BCUT2D eigenvalue weighted by Crippen LogP contribution is 2.49. The van der Waals surface area contributed by atoms with Gasteiger partial charge in [0.05, 0.1) is 18.4 Å². The van der Waals surface area contributed by atoms with Crippen molar-refractivity contribution < 1.29 is 13.6 Å². The van der Waals surface area contributed by atoms with Crippen LogP contribution < -0.4 is 5.44 Å². The molecule has 0 aliphatic rings. The molecule has 2 aromatic heterocycles. The van der Waals surface area contributed by atoms with Gasteiger partial charge in [0.15, 0.2) is 5.44 Å². The minimum absolute atomic E-state index is 0.243. The highest BCUT2D eigenvalue weighted by atomic mass is 35.5. The number of halogens is 1.